The summed E-state index contributed by atoms with van der Waals surface area (Å²) in [7, 11) is 0. The van der Waals surface area contributed by atoms with Gasteiger partial charge in [-0.2, -0.15) is 0 Å². The van der Waals surface area contributed by atoms with Gasteiger partial charge >= 0.3 is 0 Å². The molecule has 3 N–H and O–H groups in total. The van der Waals surface area contributed by atoms with Gasteiger partial charge in [0.25, 0.3) is 0 Å². The highest BCUT2D eigenvalue weighted by Crippen LogP contribution is 2.32. The summed E-state index contributed by atoms with van der Waals surface area (Å²) in [5.41, 5.74) is 5.56. The fourth-order valence-corrected chi connectivity index (χ4v) is 4.92. The highest BCUT2D eigenvalue weighted by molar-refractivity contribution is 7.99. The van der Waals surface area contributed by atoms with E-state index in [1.807, 2.05) is 18.2 Å². The number of benzene rings is 3. The number of amides is 1. The van der Waals surface area contributed by atoms with Crippen molar-refractivity contribution in [3.05, 3.63) is 83.9 Å². The normalized spacial score (nSPS) is 11.2. The molecular weight excluding hydrogens is 450 g/mol. The first-order valence-electron chi connectivity index (χ1n) is 12.6. The molecule has 0 radical (unpaired) electrons. The van der Waals surface area contributed by atoms with E-state index in [2.05, 4.69) is 105 Å². The zero-order chi connectivity index (χ0) is 25.2. The molecule has 0 atom stereocenters. The molecule has 0 saturated carbocycles. The van der Waals surface area contributed by atoms with E-state index in [9.17, 15) is 4.79 Å². The molecule has 0 saturated heterocycles. The molecule has 0 aromatic heterocycles. The Bertz CT molecular complexity index is 1010. The molecule has 0 heterocycles. The van der Waals surface area contributed by atoms with Crippen LogP contribution in [-0.4, -0.2) is 23.7 Å². The Hall–Kier alpha value is -2.92. The third-order valence-corrected chi connectivity index (χ3v) is 6.61. The molecule has 0 fully saturated rings. The van der Waals surface area contributed by atoms with Crippen LogP contribution in [0.4, 0.5) is 17.1 Å². The zero-order valence-electron chi connectivity index (χ0n) is 21.6. The number of hydrogen-bond acceptors (Lipinski definition) is 4. The minimum Gasteiger partial charge on any atom is -0.383 e. The first-order valence-corrected chi connectivity index (χ1v) is 13.6. The Morgan fingerprint density at radius 2 is 1.29 bits per heavy atom. The predicted molar refractivity (Wildman–Crippen MR) is 153 cm³/mol. The smallest absolute Gasteiger partial charge is 0.224 e. The summed E-state index contributed by atoms with van der Waals surface area (Å²) in [6.45, 7) is 10.7. The highest BCUT2D eigenvalue weighted by Gasteiger charge is 2.17. The molecule has 186 valence electrons. The van der Waals surface area contributed by atoms with Crippen molar-refractivity contribution in [3.63, 3.8) is 0 Å². The van der Waals surface area contributed by atoms with E-state index in [-0.39, 0.29) is 11.8 Å². The number of nitrogens with one attached hydrogen (secondary N) is 3. The van der Waals surface area contributed by atoms with Gasteiger partial charge in [-0.05, 0) is 87.4 Å². The quantitative estimate of drug-likeness (QED) is 0.226. The monoisotopic (exact) mass is 489 g/mol. The van der Waals surface area contributed by atoms with Gasteiger partial charge in [0.15, 0.2) is 0 Å². The van der Waals surface area contributed by atoms with E-state index < -0.39 is 0 Å². The van der Waals surface area contributed by atoms with E-state index >= 15 is 0 Å². The number of para-hydroxylation sites is 1. The number of thioether (sulfide) groups is 1. The fraction of sp³-hybridized carbons (Fsp3) is 0.367. The van der Waals surface area contributed by atoms with Gasteiger partial charge in [-0.3, -0.25) is 4.79 Å². The van der Waals surface area contributed by atoms with Gasteiger partial charge < -0.3 is 16.0 Å². The Labute approximate surface area is 215 Å². The second-order valence-electron chi connectivity index (χ2n) is 9.41. The molecule has 0 aliphatic carbocycles. The largest absolute Gasteiger partial charge is 0.383 e. The maximum absolute atomic E-state index is 12.9. The predicted octanol–water partition coefficient (Wildman–Crippen LogP) is 7.99. The van der Waals surface area contributed by atoms with Crippen LogP contribution in [0.25, 0.3) is 0 Å². The van der Waals surface area contributed by atoms with E-state index in [0.717, 1.165) is 34.1 Å². The summed E-state index contributed by atoms with van der Waals surface area (Å²) in [5.74, 6) is 1.16. The van der Waals surface area contributed by atoms with Crippen LogP contribution in [0, 0.1) is 0 Å². The van der Waals surface area contributed by atoms with Crippen LogP contribution in [0.1, 0.15) is 64.5 Å². The Kier molecular flexibility index (Phi) is 10.1. The summed E-state index contributed by atoms with van der Waals surface area (Å²) in [6.07, 6.45) is 1.19. The molecule has 0 bridgehead atoms. The Morgan fingerprint density at radius 3 is 1.77 bits per heavy atom. The van der Waals surface area contributed by atoms with Crippen LogP contribution >= 0.6 is 11.8 Å². The molecule has 3 aromatic rings. The lowest BCUT2D eigenvalue weighted by molar-refractivity contribution is -0.116. The summed E-state index contributed by atoms with van der Waals surface area (Å²) in [4.78, 5) is 14.1. The van der Waals surface area contributed by atoms with Gasteiger partial charge in [-0.1, -0.05) is 43.3 Å². The van der Waals surface area contributed by atoms with Gasteiger partial charge in [-0.15, -0.1) is 11.8 Å². The van der Waals surface area contributed by atoms with E-state index in [4.69, 9.17) is 0 Å². The Morgan fingerprint density at radius 1 is 0.771 bits per heavy atom. The van der Waals surface area contributed by atoms with Crippen molar-refractivity contribution in [1.82, 2.24) is 0 Å². The number of hydrogen-bond donors (Lipinski definition) is 3. The average molecular weight is 490 g/mol. The molecule has 0 aliphatic rings. The maximum Gasteiger partial charge on any atom is 0.224 e. The molecule has 0 spiro atoms. The van der Waals surface area contributed by atoms with Crippen LogP contribution in [0.15, 0.2) is 77.7 Å². The van der Waals surface area contributed by atoms with Crippen LogP contribution in [0.5, 0.6) is 0 Å². The highest BCUT2D eigenvalue weighted by atomic mass is 32.2. The van der Waals surface area contributed by atoms with Gasteiger partial charge in [0.05, 0.1) is 5.69 Å². The standard InChI is InChI=1S/C30H39N3OS/c1-6-35-29-10-8-7-9-28(29)33-30(34)20-19-27(23-11-15-25(16-12-23)31-21(2)3)24-13-17-26(18-14-24)32-22(4)5/h7-18,21-22,27,31-32H,6,19-20H2,1-5H3,(H,33,34). The Balaban J connectivity index is 1.77. The molecule has 3 aromatic carbocycles. The van der Waals surface area contributed by atoms with Crippen LogP contribution in [0.2, 0.25) is 0 Å². The van der Waals surface area contributed by atoms with Crippen molar-refractivity contribution in [1.29, 1.82) is 0 Å². The minimum atomic E-state index is 0.0512. The second kappa shape index (κ2) is 13.2. The fourth-order valence-electron chi connectivity index (χ4n) is 4.16. The lowest BCUT2D eigenvalue weighted by Crippen LogP contribution is -2.14. The van der Waals surface area contributed by atoms with E-state index in [1.54, 1.807) is 11.8 Å². The van der Waals surface area contributed by atoms with Gasteiger partial charge in [-0.25, -0.2) is 0 Å². The number of rotatable bonds is 12. The van der Waals surface area contributed by atoms with E-state index in [0.29, 0.717) is 18.5 Å². The average Bonchev–Trinajstić information content (AvgIpc) is 2.82. The summed E-state index contributed by atoms with van der Waals surface area (Å²) >= 11 is 1.75. The van der Waals surface area contributed by atoms with Gasteiger partial charge in [0.1, 0.15) is 0 Å². The van der Waals surface area contributed by atoms with Gasteiger partial charge in [0.2, 0.25) is 5.91 Å². The summed E-state index contributed by atoms with van der Waals surface area (Å²) < 4.78 is 0. The topological polar surface area (TPSA) is 53.2 Å². The molecule has 3 rings (SSSR count). The van der Waals surface area contributed by atoms with Crippen LogP contribution < -0.4 is 16.0 Å². The third kappa shape index (κ3) is 8.36. The third-order valence-electron chi connectivity index (χ3n) is 5.66. The van der Waals surface area contributed by atoms with Crippen LogP contribution in [-0.2, 0) is 4.79 Å². The molecule has 35 heavy (non-hydrogen) atoms. The SMILES string of the molecule is CCSc1ccccc1NC(=O)CCC(c1ccc(NC(C)C)cc1)c1ccc(NC(C)C)cc1. The maximum atomic E-state index is 12.9. The van der Waals surface area contributed by atoms with E-state index in [1.165, 1.54) is 11.1 Å². The first kappa shape index (κ1) is 26.7. The summed E-state index contributed by atoms with van der Waals surface area (Å²) in [6, 6.07) is 26.1. The number of anilines is 3. The molecule has 0 aliphatic heterocycles. The molecule has 1 amide bonds. The number of carbonyl (C=O) groups is 1. The van der Waals surface area contributed by atoms with Crippen LogP contribution in [0.3, 0.4) is 0 Å². The molecule has 0 unspecified atom stereocenters. The van der Waals surface area contributed by atoms with Gasteiger partial charge in [0, 0.05) is 40.7 Å². The molecular formula is C30H39N3OS. The van der Waals surface area contributed by atoms with Crippen molar-refractivity contribution >= 4 is 34.7 Å². The number of carbonyl (C=O) groups excluding carboxylic acids is 1. The lowest BCUT2D eigenvalue weighted by Gasteiger charge is -2.20. The zero-order valence-corrected chi connectivity index (χ0v) is 22.4. The van der Waals surface area contributed by atoms with Crippen molar-refractivity contribution < 1.29 is 4.79 Å². The first-order chi connectivity index (χ1) is 16.9. The summed E-state index contributed by atoms with van der Waals surface area (Å²) in [5, 5.41) is 10.0. The minimum absolute atomic E-state index is 0.0512. The van der Waals surface area contributed by atoms with Crippen molar-refractivity contribution in [2.75, 3.05) is 21.7 Å². The second-order valence-corrected chi connectivity index (χ2v) is 10.7. The molecule has 5 heteroatoms. The molecule has 4 nitrogen and oxygen atoms in total. The van der Waals surface area contributed by atoms with Crippen molar-refractivity contribution in [2.24, 2.45) is 0 Å². The van der Waals surface area contributed by atoms with Crippen molar-refractivity contribution in [3.8, 4) is 0 Å². The van der Waals surface area contributed by atoms with Crippen molar-refractivity contribution in [2.45, 2.75) is 70.4 Å². The lowest BCUT2D eigenvalue weighted by atomic mass is 9.87.